The predicted molar refractivity (Wildman–Crippen MR) is 81.1 cm³/mol. The minimum Gasteiger partial charge on any atom is -0.299 e. The van der Waals surface area contributed by atoms with Gasteiger partial charge in [0.2, 0.25) is 11.0 Å². The molecule has 26 heavy (non-hydrogen) atoms. The van der Waals surface area contributed by atoms with Crippen LogP contribution in [0, 0.1) is 11.6 Å². The van der Waals surface area contributed by atoms with Crippen molar-refractivity contribution in [1.82, 2.24) is 20.0 Å². The van der Waals surface area contributed by atoms with Crippen molar-refractivity contribution in [2.24, 2.45) is 0 Å². The molecule has 0 fully saturated rings. The zero-order valence-corrected chi connectivity index (χ0v) is 13.4. The minimum absolute atomic E-state index is 0.0594. The van der Waals surface area contributed by atoms with E-state index in [2.05, 4.69) is 20.6 Å². The molecule has 0 spiro atoms. The second-order valence-corrected chi connectivity index (χ2v) is 5.93. The van der Waals surface area contributed by atoms with E-state index in [1.54, 1.807) is 0 Å². The third-order valence-electron chi connectivity index (χ3n) is 3.08. The third-order valence-corrected chi connectivity index (χ3v) is 3.94. The van der Waals surface area contributed by atoms with Gasteiger partial charge in [0.1, 0.15) is 18.2 Å². The summed E-state index contributed by atoms with van der Waals surface area (Å²) in [5, 5.41) is 12.6. The molecule has 0 aliphatic heterocycles. The van der Waals surface area contributed by atoms with Crippen LogP contribution in [-0.2, 0) is 17.5 Å². The summed E-state index contributed by atoms with van der Waals surface area (Å²) in [7, 11) is 0. The largest absolute Gasteiger partial charge is 0.435 e. The van der Waals surface area contributed by atoms with Crippen LogP contribution in [0.5, 0.6) is 0 Å². The quantitative estimate of drug-likeness (QED) is 0.695. The molecule has 1 N–H and O–H groups in total. The highest BCUT2D eigenvalue weighted by molar-refractivity contribution is 7.18. The molecule has 1 amide bonds. The van der Waals surface area contributed by atoms with Gasteiger partial charge in [-0.25, -0.2) is 8.78 Å². The topological polar surface area (TPSA) is 72.7 Å². The Morgan fingerprint density at radius 3 is 2.46 bits per heavy atom. The zero-order valence-electron chi connectivity index (χ0n) is 12.6. The summed E-state index contributed by atoms with van der Waals surface area (Å²) in [6.07, 6.45) is -3.61. The number of rotatable bonds is 4. The van der Waals surface area contributed by atoms with Crippen LogP contribution in [0.2, 0.25) is 0 Å². The number of aromatic nitrogens is 4. The lowest BCUT2D eigenvalue weighted by Crippen LogP contribution is -2.19. The van der Waals surface area contributed by atoms with Crippen LogP contribution in [-0.4, -0.2) is 25.9 Å². The number of hydrogen-bond acceptors (Lipinski definition) is 5. The van der Waals surface area contributed by atoms with Gasteiger partial charge in [-0.15, -0.1) is 10.2 Å². The van der Waals surface area contributed by atoms with Crippen LogP contribution in [0.1, 0.15) is 5.69 Å². The fourth-order valence-corrected chi connectivity index (χ4v) is 2.79. The van der Waals surface area contributed by atoms with Gasteiger partial charge in [0.05, 0.1) is 5.56 Å². The smallest absolute Gasteiger partial charge is 0.299 e. The van der Waals surface area contributed by atoms with Gasteiger partial charge in [-0.1, -0.05) is 17.4 Å². The van der Waals surface area contributed by atoms with Crippen molar-refractivity contribution in [3.8, 4) is 10.6 Å². The van der Waals surface area contributed by atoms with Crippen molar-refractivity contribution in [3.63, 3.8) is 0 Å². The Hall–Kier alpha value is -2.89. The molecule has 136 valence electrons. The fraction of sp³-hybridized carbons (Fsp3) is 0.143. The van der Waals surface area contributed by atoms with Gasteiger partial charge in [0, 0.05) is 6.20 Å². The van der Waals surface area contributed by atoms with Crippen molar-refractivity contribution in [3.05, 3.63) is 47.8 Å². The number of halogens is 5. The van der Waals surface area contributed by atoms with Gasteiger partial charge in [-0.05, 0) is 18.2 Å². The maximum absolute atomic E-state index is 13.7. The van der Waals surface area contributed by atoms with Crippen LogP contribution in [0.25, 0.3) is 10.6 Å². The molecular formula is C14H8F5N5OS. The molecule has 3 rings (SSSR count). The first kappa shape index (κ1) is 17.9. The highest BCUT2D eigenvalue weighted by Gasteiger charge is 2.33. The van der Waals surface area contributed by atoms with Crippen molar-refractivity contribution < 1.29 is 26.7 Å². The third kappa shape index (κ3) is 3.85. The molecule has 0 saturated carbocycles. The number of hydrogen-bond donors (Lipinski definition) is 1. The average Bonchev–Trinajstić information content (AvgIpc) is 3.16. The van der Waals surface area contributed by atoms with E-state index >= 15 is 0 Å². The number of amides is 1. The molecule has 0 unspecified atom stereocenters. The number of carbonyl (C=O) groups is 1. The van der Waals surface area contributed by atoms with Crippen LogP contribution in [0.15, 0.2) is 30.5 Å². The van der Waals surface area contributed by atoms with Gasteiger partial charge in [-0.2, -0.15) is 18.3 Å². The van der Waals surface area contributed by atoms with Gasteiger partial charge in [0.15, 0.2) is 10.7 Å². The van der Waals surface area contributed by atoms with Crippen LogP contribution in [0.3, 0.4) is 0 Å². The van der Waals surface area contributed by atoms with E-state index < -0.39 is 36.0 Å². The summed E-state index contributed by atoms with van der Waals surface area (Å²) in [4.78, 5) is 11.9. The molecule has 0 radical (unpaired) electrons. The average molecular weight is 389 g/mol. The summed E-state index contributed by atoms with van der Waals surface area (Å²) < 4.78 is 65.6. The number of nitrogens with one attached hydrogen (secondary N) is 1. The van der Waals surface area contributed by atoms with E-state index in [9.17, 15) is 26.7 Å². The number of anilines is 1. The number of benzene rings is 1. The predicted octanol–water partition coefficient (Wildman–Crippen LogP) is 3.34. The molecule has 0 atom stereocenters. The zero-order chi connectivity index (χ0) is 18.9. The molecule has 2 aromatic heterocycles. The maximum atomic E-state index is 13.7. The molecular weight excluding hydrogens is 381 g/mol. The van der Waals surface area contributed by atoms with E-state index in [0.29, 0.717) is 0 Å². The Balaban J connectivity index is 1.69. The van der Waals surface area contributed by atoms with Crippen LogP contribution >= 0.6 is 11.3 Å². The van der Waals surface area contributed by atoms with Gasteiger partial charge < -0.3 is 0 Å². The molecule has 0 saturated heterocycles. The first-order valence-electron chi connectivity index (χ1n) is 6.92. The second kappa shape index (κ2) is 6.78. The Morgan fingerprint density at radius 1 is 1.15 bits per heavy atom. The van der Waals surface area contributed by atoms with E-state index in [0.717, 1.165) is 40.4 Å². The molecule has 0 aliphatic rings. The lowest BCUT2D eigenvalue weighted by atomic mass is 10.2. The number of nitrogens with zero attached hydrogens (tertiary/aromatic N) is 4. The summed E-state index contributed by atoms with van der Waals surface area (Å²) in [6.45, 7) is -0.501. The Labute approximate surface area is 146 Å². The van der Waals surface area contributed by atoms with Crippen molar-refractivity contribution >= 4 is 22.4 Å². The lowest BCUT2D eigenvalue weighted by molar-refractivity contribution is -0.141. The fourth-order valence-electron chi connectivity index (χ4n) is 1.98. The first-order chi connectivity index (χ1) is 12.2. The highest BCUT2D eigenvalue weighted by Crippen LogP contribution is 2.30. The maximum Gasteiger partial charge on any atom is 0.435 e. The summed E-state index contributed by atoms with van der Waals surface area (Å²) in [6, 6.07) is 4.02. The number of alkyl halides is 3. The van der Waals surface area contributed by atoms with Gasteiger partial charge >= 0.3 is 6.18 Å². The van der Waals surface area contributed by atoms with Crippen molar-refractivity contribution in [2.75, 3.05) is 5.32 Å². The molecule has 6 nitrogen and oxygen atoms in total. The van der Waals surface area contributed by atoms with E-state index in [1.165, 1.54) is 6.07 Å². The Morgan fingerprint density at radius 2 is 1.85 bits per heavy atom. The van der Waals surface area contributed by atoms with Gasteiger partial charge in [0.25, 0.3) is 0 Å². The monoisotopic (exact) mass is 389 g/mol. The molecule has 0 bridgehead atoms. The SMILES string of the molecule is O=C(Cn1ccc(C(F)(F)F)n1)Nc1nnc(-c2c(F)cccc2F)s1. The lowest BCUT2D eigenvalue weighted by Gasteiger charge is -2.03. The second-order valence-electron chi connectivity index (χ2n) is 4.95. The Bertz CT molecular complexity index is 931. The molecule has 3 aromatic rings. The summed E-state index contributed by atoms with van der Waals surface area (Å²) in [5.74, 6) is -2.40. The van der Waals surface area contributed by atoms with Crippen LogP contribution < -0.4 is 5.32 Å². The van der Waals surface area contributed by atoms with E-state index in [4.69, 9.17) is 0 Å². The first-order valence-corrected chi connectivity index (χ1v) is 7.74. The standard InChI is InChI=1S/C14H8F5N5OS/c15-7-2-1-3-8(16)11(7)12-21-22-13(26-12)20-10(25)6-24-5-4-9(23-24)14(17,18)19/h1-5H,6H2,(H,20,22,25). The normalized spacial score (nSPS) is 11.6. The minimum atomic E-state index is -4.61. The van der Waals surface area contributed by atoms with E-state index in [-0.39, 0.29) is 15.7 Å². The van der Waals surface area contributed by atoms with Crippen LogP contribution in [0.4, 0.5) is 27.1 Å². The summed E-state index contributed by atoms with van der Waals surface area (Å²) >= 11 is 0.719. The highest BCUT2D eigenvalue weighted by atomic mass is 32.1. The molecule has 12 heteroatoms. The molecule has 0 aliphatic carbocycles. The van der Waals surface area contributed by atoms with Crippen molar-refractivity contribution in [1.29, 1.82) is 0 Å². The molecule has 1 aromatic carbocycles. The summed E-state index contributed by atoms with van der Waals surface area (Å²) in [5.41, 5.74) is -1.51. The van der Waals surface area contributed by atoms with Gasteiger partial charge in [-0.3, -0.25) is 14.8 Å². The van der Waals surface area contributed by atoms with E-state index in [1.807, 2.05) is 0 Å². The Kier molecular flexibility index (Phi) is 4.68. The molecule has 2 heterocycles. The van der Waals surface area contributed by atoms with Crippen molar-refractivity contribution in [2.45, 2.75) is 12.7 Å². The number of carbonyl (C=O) groups excluding carboxylic acids is 1.